The summed E-state index contributed by atoms with van der Waals surface area (Å²) in [5.74, 6) is 1.82. The third kappa shape index (κ3) is 2.90. The van der Waals surface area contributed by atoms with Crippen molar-refractivity contribution >= 4 is 12.6 Å². The molecule has 84 valence electrons. The Balaban J connectivity index is 2.47. The van der Waals surface area contributed by atoms with Gasteiger partial charge < -0.3 is 0 Å². The van der Waals surface area contributed by atoms with Crippen LogP contribution in [0.15, 0.2) is 0 Å². The van der Waals surface area contributed by atoms with E-state index in [0.717, 1.165) is 23.8 Å². The highest BCUT2D eigenvalue weighted by atomic mass is 32.1. The largest absolute Gasteiger partial charge is 0.297 e. The highest BCUT2D eigenvalue weighted by molar-refractivity contribution is 7.80. The normalized spacial score (nSPS) is 30.9. The fourth-order valence-electron chi connectivity index (χ4n) is 2.51. The van der Waals surface area contributed by atoms with Crippen molar-refractivity contribution in [3.8, 4) is 0 Å². The number of nitrogens with zero attached hydrogens (tertiary/aromatic N) is 1. The minimum Gasteiger partial charge on any atom is -0.297 e. The van der Waals surface area contributed by atoms with Gasteiger partial charge in [-0.1, -0.05) is 20.3 Å². The summed E-state index contributed by atoms with van der Waals surface area (Å²) in [6.07, 6.45) is 5.37. The molecular weight excluding hydrogens is 190 g/mol. The van der Waals surface area contributed by atoms with Gasteiger partial charge in [0.2, 0.25) is 0 Å². The molecule has 1 heterocycles. The second-order valence-electron chi connectivity index (χ2n) is 4.64. The average Bonchev–Trinajstić information content (AvgIpc) is 2.56. The molecule has 0 saturated carbocycles. The smallest absolute Gasteiger partial charge is 0.00961 e. The first-order valence-corrected chi connectivity index (χ1v) is 6.72. The summed E-state index contributed by atoms with van der Waals surface area (Å²) in [6, 6.07) is 1.65. The Bertz CT molecular complexity index is 156. The molecule has 0 amide bonds. The zero-order valence-corrected chi connectivity index (χ0v) is 10.8. The number of hydrogen-bond donors (Lipinski definition) is 1. The van der Waals surface area contributed by atoms with Crippen molar-refractivity contribution in [3.05, 3.63) is 0 Å². The third-order valence-corrected chi connectivity index (χ3v) is 4.25. The minimum atomic E-state index is 0.785. The Morgan fingerprint density at radius 2 is 2.07 bits per heavy atom. The van der Waals surface area contributed by atoms with Gasteiger partial charge in [-0.3, -0.25) is 4.90 Å². The van der Waals surface area contributed by atoms with E-state index in [9.17, 15) is 0 Å². The molecule has 0 radical (unpaired) electrons. The van der Waals surface area contributed by atoms with Crippen LogP contribution in [0.1, 0.15) is 46.5 Å². The Labute approximate surface area is 94.7 Å². The van der Waals surface area contributed by atoms with Gasteiger partial charge in [0.25, 0.3) is 0 Å². The molecular formula is C12H25NS. The molecule has 0 N–H and O–H groups in total. The Hall–Kier alpha value is 0.310. The molecule has 0 bridgehead atoms. The van der Waals surface area contributed by atoms with E-state index >= 15 is 0 Å². The van der Waals surface area contributed by atoms with Crippen molar-refractivity contribution in [2.75, 3.05) is 12.3 Å². The van der Waals surface area contributed by atoms with Crippen molar-refractivity contribution in [1.82, 2.24) is 4.90 Å². The van der Waals surface area contributed by atoms with E-state index in [2.05, 4.69) is 38.3 Å². The van der Waals surface area contributed by atoms with Crippen LogP contribution in [-0.2, 0) is 0 Å². The molecule has 1 saturated heterocycles. The van der Waals surface area contributed by atoms with Crippen molar-refractivity contribution in [1.29, 1.82) is 0 Å². The van der Waals surface area contributed by atoms with Crippen LogP contribution in [0.3, 0.4) is 0 Å². The predicted octanol–water partition coefficient (Wildman–Crippen LogP) is 3.21. The Morgan fingerprint density at radius 3 is 2.57 bits per heavy atom. The molecule has 0 aromatic heterocycles. The topological polar surface area (TPSA) is 3.24 Å². The van der Waals surface area contributed by atoms with Gasteiger partial charge in [-0.15, -0.1) is 0 Å². The monoisotopic (exact) mass is 215 g/mol. The first-order valence-electron chi connectivity index (χ1n) is 6.09. The number of likely N-dealkylation sites (tertiary alicyclic amines) is 1. The lowest BCUT2D eigenvalue weighted by molar-refractivity contribution is 0.171. The van der Waals surface area contributed by atoms with Gasteiger partial charge >= 0.3 is 0 Å². The maximum Gasteiger partial charge on any atom is 0.00961 e. The highest BCUT2D eigenvalue weighted by Crippen LogP contribution is 2.27. The molecule has 1 rings (SSSR count). The van der Waals surface area contributed by atoms with E-state index in [-0.39, 0.29) is 0 Å². The predicted molar refractivity (Wildman–Crippen MR) is 67.1 cm³/mol. The lowest BCUT2D eigenvalue weighted by Crippen LogP contribution is -2.38. The number of rotatable bonds is 5. The van der Waals surface area contributed by atoms with Gasteiger partial charge in [-0.05, 0) is 37.9 Å². The Morgan fingerprint density at radius 1 is 1.36 bits per heavy atom. The van der Waals surface area contributed by atoms with Crippen molar-refractivity contribution in [2.24, 2.45) is 5.92 Å². The molecule has 1 fully saturated rings. The summed E-state index contributed by atoms with van der Waals surface area (Å²) >= 11 is 4.43. The molecule has 0 aromatic carbocycles. The van der Waals surface area contributed by atoms with Gasteiger partial charge in [0.15, 0.2) is 0 Å². The van der Waals surface area contributed by atoms with Crippen LogP contribution in [0.5, 0.6) is 0 Å². The molecule has 3 unspecified atom stereocenters. The van der Waals surface area contributed by atoms with Crippen molar-refractivity contribution < 1.29 is 0 Å². The van der Waals surface area contributed by atoms with Crippen LogP contribution in [0.2, 0.25) is 0 Å². The van der Waals surface area contributed by atoms with Crippen LogP contribution in [0.25, 0.3) is 0 Å². The highest BCUT2D eigenvalue weighted by Gasteiger charge is 2.29. The van der Waals surface area contributed by atoms with E-state index in [0.29, 0.717) is 0 Å². The number of thiol groups is 1. The summed E-state index contributed by atoms with van der Waals surface area (Å²) in [6.45, 7) is 8.24. The maximum absolute atomic E-state index is 4.43. The third-order valence-electron chi connectivity index (χ3n) is 3.73. The lowest BCUT2D eigenvalue weighted by atomic mass is 10.1. The summed E-state index contributed by atoms with van der Waals surface area (Å²) < 4.78 is 0. The van der Waals surface area contributed by atoms with E-state index < -0.39 is 0 Å². The molecule has 1 aliphatic rings. The lowest BCUT2D eigenvalue weighted by Gasteiger charge is -2.30. The standard InChI is InChI=1S/C12H25NS/c1-4-11(9-14)8-13-10(3)6-7-12(13)5-2/h10-12,14H,4-9H2,1-3H3. The van der Waals surface area contributed by atoms with Gasteiger partial charge in [0.05, 0.1) is 0 Å². The molecule has 2 heteroatoms. The zero-order valence-electron chi connectivity index (χ0n) is 9.87. The molecule has 0 aromatic rings. The molecule has 1 aliphatic heterocycles. The van der Waals surface area contributed by atoms with E-state index in [4.69, 9.17) is 0 Å². The number of hydrogen-bond acceptors (Lipinski definition) is 2. The summed E-state index contributed by atoms with van der Waals surface area (Å²) in [5.41, 5.74) is 0. The van der Waals surface area contributed by atoms with Crippen LogP contribution in [0.4, 0.5) is 0 Å². The molecule has 1 nitrogen and oxygen atoms in total. The van der Waals surface area contributed by atoms with E-state index in [1.807, 2.05) is 0 Å². The van der Waals surface area contributed by atoms with Gasteiger partial charge in [-0.2, -0.15) is 12.6 Å². The fraction of sp³-hybridized carbons (Fsp3) is 1.00. The zero-order chi connectivity index (χ0) is 10.6. The van der Waals surface area contributed by atoms with Gasteiger partial charge in [0, 0.05) is 18.6 Å². The van der Waals surface area contributed by atoms with E-state index in [1.54, 1.807) is 0 Å². The minimum absolute atomic E-state index is 0.785. The van der Waals surface area contributed by atoms with Gasteiger partial charge in [0.1, 0.15) is 0 Å². The fourth-order valence-corrected chi connectivity index (χ4v) is 2.88. The van der Waals surface area contributed by atoms with Crippen LogP contribution >= 0.6 is 12.6 Å². The summed E-state index contributed by atoms with van der Waals surface area (Å²) in [5, 5.41) is 0. The SMILES string of the molecule is CCC(CS)CN1C(C)CCC1CC. The maximum atomic E-state index is 4.43. The summed E-state index contributed by atoms with van der Waals surface area (Å²) in [7, 11) is 0. The molecule has 0 aliphatic carbocycles. The second kappa shape index (κ2) is 6.02. The van der Waals surface area contributed by atoms with Crippen molar-refractivity contribution in [2.45, 2.75) is 58.5 Å². The van der Waals surface area contributed by atoms with Crippen LogP contribution in [-0.4, -0.2) is 29.3 Å². The first kappa shape index (κ1) is 12.4. The summed E-state index contributed by atoms with van der Waals surface area (Å²) in [4.78, 5) is 2.71. The van der Waals surface area contributed by atoms with Crippen molar-refractivity contribution in [3.63, 3.8) is 0 Å². The van der Waals surface area contributed by atoms with Crippen LogP contribution < -0.4 is 0 Å². The molecule has 14 heavy (non-hydrogen) atoms. The average molecular weight is 215 g/mol. The van der Waals surface area contributed by atoms with Gasteiger partial charge in [-0.25, -0.2) is 0 Å². The molecule has 0 spiro atoms. The Kier molecular flexibility index (Phi) is 5.32. The quantitative estimate of drug-likeness (QED) is 0.689. The van der Waals surface area contributed by atoms with E-state index in [1.165, 1.54) is 32.2 Å². The second-order valence-corrected chi connectivity index (χ2v) is 5.01. The first-order chi connectivity index (χ1) is 6.72. The molecule has 3 atom stereocenters. The van der Waals surface area contributed by atoms with Crippen LogP contribution in [0, 0.1) is 5.92 Å².